The third-order valence-electron chi connectivity index (χ3n) is 2.68. The average molecular weight is 287 g/mol. The van der Waals surface area contributed by atoms with E-state index in [1.807, 2.05) is 20.3 Å². The fourth-order valence-electron chi connectivity index (χ4n) is 1.51. The van der Waals surface area contributed by atoms with Gasteiger partial charge in [0.05, 0.1) is 13.2 Å². The molecule has 0 amide bonds. The molecule has 0 atom stereocenters. The second-order valence-corrected chi connectivity index (χ2v) is 4.87. The lowest BCUT2D eigenvalue weighted by molar-refractivity contribution is 0.122. The number of guanidine groups is 1. The number of rotatable bonds is 11. The maximum atomic E-state index is 8.66. The average Bonchev–Trinajstić information content (AvgIpc) is 2.41. The zero-order chi connectivity index (χ0) is 15.1. The van der Waals surface area contributed by atoms with Gasteiger partial charge in [-0.25, -0.2) is 0 Å². The number of unbranched alkanes of at least 4 members (excludes halogenated alkanes) is 3. The van der Waals surface area contributed by atoms with E-state index in [1.165, 1.54) is 19.3 Å². The summed E-state index contributed by atoms with van der Waals surface area (Å²) < 4.78 is 5.46. The van der Waals surface area contributed by atoms with E-state index in [-0.39, 0.29) is 2.85 Å². The van der Waals surface area contributed by atoms with Crippen LogP contribution >= 0.6 is 0 Å². The van der Waals surface area contributed by atoms with Crippen molar-refractivity contribution in [2.24, 2.45) is 4.99 Å². The first-order valence-corrected chi connectivity index (χ1v) is 7.36. The Bertz CT molecular complexity index is 295. The van der Waals surface area contributed by atoms with Gasteiger partial charge in [-0.3, -0.25) is 10.3 Å². The van der Waals surface area contributed by atoms with E-state index in [0.29, 0.717) is 25.7 Å². The van der Waals surface area contributed by atoms with Gasteiger partial charge in [-0.1, -0.05) is 26.2 Å². The zero-order valence-corrected chi connectivity index (χ0v) is 13.1. The molecule has 0 radical (unpaired) electrons. The van der Waals surface area contributed by atoms with E-state index in [2.05, 4.69) is 27.4 Å². The number of nitrogens with one attached hydrogen (secondary N) is 2. The largest absolute Gasteiger partial charge is 0.378 e. The number of hydrogen-bond acceptors (Lipinski definition) is 4. The minimum absolute atomic E-state index is 0. The van der Waals surface area contributed by atoms with E-state index in [1.54, 1.807) is 0 Å². The number of ether oxygens (including phenoxy) is 1. The van der Waals surface area contributed by atoms with Crippen molar-refractivity contribution in [3.63, 3.8) is 0 Å². The van der Waals surface area contributed by atoms with Gasteiger partial charge in [0.1, 0.15) is 0 Å². The summed E-state index contributed by atoms with van der Waals surface area (Å²) >= 11 is 0. The molecule has 6 nitrogen and oxygen atoms in total. The summed E-state index contributed by atoms with van der Waals surface area (Å²) in [6, 6.07) is 0. The third-order valence-corrected chi connectivity index (χ3v) is 2.68. The lowest BCUT2D eigenvalue weighted by Gasteiger charge is -2.11. The molecule has 0 saturated carbocycles. The van der Waals surface area contributed by atoms with Gasteiger partial charge in [0.15, 0.2) is 6.19 Å². The van der Waals surface area contributed by atoms with Gasteiger partial charge in [-0.2, -0.15) is 5.26 Å². The molecular formula is C14H33N5O. The van der Waals surface area contributed by atoms with Crippen molar-refractivity contribution >= 4 is 5.96 Å². The molecule has 6 heteroatoms. The smallest absolute Gasteiger partial charge is 0.204 e. The molecule has 0 spiro atoms. The fourth-order valence-corrected chi connectivity index (χ4v) is 1.51. The van der Waals surface area contributed by atoms with Crippen LogP contribution in [0.2, 0.25) is 0 Å². The molecule has 0 aromatic heterocycles. The Labute approximate surface area is 126 Å². The second-order valence-electron chi connectivity index (χ2n) is 4.87. The molecular weight excluding hydrogens is 254 g/mol. The molecule has 0 aliphatic carbocycles. The van der Waals surface area contributed by atoms with Crippen molar-refractivity contribution in [3.05, 3.63) is 0 Å². The first-order valence-electron chi connectivity index (χ1n) is 7.36. The Morgan fingerprint density at radius 1 is 1.30 bits per heavy atom. The van der Waals surface area contributed by atoms with Crippen LogP contribution in [0.1, 0.15) is 35.5 Å². The molecule has 0 fully saturated rings. The van der Waals surface area contributed by atoms with Crippen LogP contribution in [-0.4, -0.2) is 57.8 Å². The normalized spacial score (nSPS) is 11.4. The molecule has 0 aromatic rings. The molecule has 0 saturated heterocycles. The molecule has 0 aliphatic rings. The molecule has 120 valence electrons. The van der Waals surface area contributed by atoms with Crippen molar-refractivity contribution in [1.82, 2.24) is 15.5 Å². The number of nitrogens with zero attached hydrogens (tertiary/aromatic N) is 3. The van der Waals surface area contributed by atoms with Crippen LogP contribution in [0.3, 0.4) is 0 Å². The van der Waals surface area contributed by atoms with Gasteiger partial charge >= 0.3 is 0 Å². The Hall–Kier alpha value is -1.32. The SMILES string of the molecule is CCCCCCN=C(NC#N)NCCOCCN(C)C.[HH].[HH]. The summed E-state index contributed by atoms with van der Waals surface area (Å²) in [5, 5.41) is 14.3. The number of aliphatic imine (C=N–C) groups is 1. The van der Waals surface area contributed by atoms with Gasteiger partial charge in [-0.05, 0) is 20.5 Å². The first kappa shape index (κ1) is 18.7. The van der Waals surface area contributed by atoms with E-state index < -0.39 is 0 Å². The molecule has 0 aromatic carbocycles. The standard InChI is InChI=1S/C14H29N5O.2H2/c1-4-5-6-7-8-16-14(18-13-15)17-9-11-20-12-10-19(2)3;;/h4-12H2,1-3H3,(H2,16,17,18);2*1H. The molecule has 20 heavy (non-hydrogen) atoms. The number of hydrogen-bond donors (Lipinski definition) is 2. The highest BCUT2D eigenvalue weighted by Crippen LogP contribution is 1.98. The van der Waals surface area contributed by atoms with Crippen LogP contribution in [0.4, 0.5) is 0 Å². The van der Waals surface area contributed by atoms with Crippen molar-refractivity contribution in [2.45, 2.75) is 32.6 Å². The molecule has 0 rings (SSSR count). The third kappa shape index (κ3) is 13.1. The molecule has 0 aliphatic heterocycles. The Balaban J connectivity index is -0.00000180. The highest BCUT2D eigenvalue weighted by Gasteiger charge is 1.97. The fraction of sp³-hybridized carbons (Fsp3) is 0.857. The Kier molecular flexibility index (Phi) is 13.2. The number of nitriles is 1. The Morgan fingerprint density at radius 3 is 2.75 bits per heavy atom. The monoisotopic (exact) mass is 287 g/mol. The van der Waals surface area contributed by atoms with Crippen LogP contribution in [0.15, 0.2) is 4.99 Å². The van der Waals surface area contributed by atoms with E-state index >= 15 is 0 Å². The highest BCUT2D eigenvalue weighted by molar-refractivity contribution is 5.81. The topological polar surface area (TPSA) is 72.7 Å². The molecule has 2 N–H and O–H groups in total. The van der Waals surface area contributed by atoms with Crippen molar-refractivity contribution in [3.8, 4) is 6.19 Å². The molecule has 0 unspecified atom stereocenters. The summed E-state index contributed by atoms with van der Waals surface area (Å²) in [5.74, 6) is 0.542. The minimum Gasteiger partial charge on any atom is -0.378 e. The maximum absolute atomic E-state index is 8.66. The summed E-state index contributed by atoms with van der Waals surface area (Å²) in [7, 11) is 4.03. The predicted octanol–water partition coefficient (Wildman–Crippen LogP) is 1.65. The zero-order valence-electron chi connectivity index (χ0n) is 13.1. The van der Waals surface area contributed by atoms with E-state index in [0.717, 1.165) is 19.5 Å². The Morgan fingerprint density at radius 2 is 2.10 bits per heavy atom. The van der Waals surface area contributed by atoms with Crippen LogP contribution < -0.4 is 10.6 Å². The summed E-state index contributed by atoms with van der Waals surface area (Å²) in [6.45, 7) is 5.81. The predicted molar refractivity (Wildman–Crippen MR) is 86.8 cm³/mol. The highest BCUT2D eigenvalue weighted by atomic mass is 16.5. The lowest BCUT2D eigenvalue weighted by atomic mass is 10.2. The van der Waals surface area contributed by atoms with Gasteiger partial charge in [0.25, 0.3) is 0 Å². The number of likely N-dealkylation sites (N-methyl/N-ethyl adjacent to an activating group) is 1. The first-order chi connectivity index (χ1) is 9.70. The summed E-state index contributed by atoms with van der Waals surface area (Å²) in [6.07, 6.45) is 6.60. The van der Waals surface area contributed by atoms with Crippen LogP contribution in [0.25, 0.3) is 0 Å². The summed E-state index contributed by atoms with van der Waals surface area (Å²) in [4.78, 5) is 6.42. The van der Waals surface area contributed by atoms with Crippen molar-refractivity contribution < 1.29 is 7.59 Å². The quantitative estimate of drug-likeness (QED) is 0.199. The lowest BCUT2D eigenvalue weighted by Crippen LogP contribution is -2.37. The molecule has 0 heterocycles. The summed E-state index contributed by atoms with van der Waals surface area (Å²) in [5.41, 5.74) is 0. The molecule has 0 bridgehead atoms. The van der Waals surface area contributed by atoms with Crippen molar-refractivity contribution in [1.29, 1.82) is 5.26 Å². The van der Waals surface area contributed by atoms with Crippen LogP contribution in [-0.2, 0) is 4.74 Å². The second kappa shape index (κ2) is 14.1. The van der Waals surface area contributed by atoms with E-state index in [4.69, 9.17) is 10.00 Å². The van der Waals surface area contributed by atoms with Crippen LogP contribution in [0, 0.1) is 11.5 Å². The van der Waals surface area contributed by atoms with Gasteiger partial charge < -0.3 is 15.0 Å². The maximum Gasteiger partial charge on any atom is 0.204 e. The van der Waals surface area contributed by atoms with Crippen molar-refractivity contribution in [2.75, 3.05) is 46.9 Å². The van der Waals surface area contributed by atoms with Gasteiger partial charge in [-0.15, -0.1) is 0 Å². The van der Waals surface area contributed by atoms with Crippen LogP contribution in [0.5, 0.6) is 0 Å². The van der Waals surface area contributed by atoms with Gasteiger partial charge in [0, 0.05) is 22.5 Å². The van der Waals surface area contributed by atoms with E-state index in [9.17, 15) is 0 Å². The van der Waals surface area contributed by atoms with Gasteiger partial charge in [0.2, 0.25) is 5.96 Å². The minimum atomic E-state index is 0.